The lowest BCUT2D eigenvalue weighted by Gasteiger charge is -2.08. The van der Waals surface area contributed by atoms with Crippen LogP contribution in [0.25, 0.3) is 17.1 Å². The van der Waals surface area contributed by atoms with Crippen LogP contribution in [0.5, 0.6) is 5.75 Å². The summed E-state index contributed by atoms with van der Waals surface area (Å²) in [5, 5.41) is 7.94. The topological polar surface area (TPSA) is 69.0 Å². The zero-order valence-corrected chi connectivity index (χ0v) is 18.6. The molecular weight excluding hydrogens is 424 g/mol. The number of amides is 1. The number of carbonyl (C=O) groups is 1. The largest absolute Gasteiger partial charge is 0.494 e. The summed E-state index contributed by atoms with van der Waals surface area (Å²) < 4.78 is 7.16. The summed E-state index contributed by atoms with van der Waals surface area (Å²) in [7, 11) is 0. The first-order valence-corrected chi connectivity index (χ1v) is 10.8. The standard InChI is InChI=1S/C25H23ClN4O2/c1-3-17-8-10-20(11-9-17)27-25(31)23-28-24(18-6-5-7-19(26)16-18)30(29-23)21-12-14-22(15-13-21)32-4-2/h5-16H,3-4H2,1-2H3,(H,27,31). The van der Waals surface area contributed by atoms with Gasteiger partial charge in [0.25, 0.3) is 5.91 Å². The van der Waals surface area contributed by atoms with Crippen LogP contribution in [-0.2, 0) is 6.42 Å². The number of ether oxygens (including phenoxy) is 1. The second-order valence-corrected chi connectivity index (χ2v) is 7.55. The first-order valence-electron chi connectivity index (χ1n) is 10.4. The molecule has 0 radical (unpaired) electrons. The Balaban J connectivity index is 1.70. The molecule has 1 heterocycles. The van der Waals surface area contributed by atoms with Gasteiger partial charge in [-0.25, -0.2) is 9.67 Å². The molecule has 0 aliphatic rings. The van der Waals surface area contributed by atoms with Crippen molar-refractivity contribution in [3.63, 3.8) is 0 Å². The van der Waals surface area contributed by atoms with Gasteiger partial charge in [0, 0.05) is 16.3 Å². The van der Waals surface area contributed by atoms with Gasteiger partial charge >= 0.3 is 0 Å². The minimum Gasteiger partial charge on any atom is -0.494 e. The molecular formula is C25H23ClN4O2. The average molecular weight is 447 g/mol. The molecule has 0 spiro atoms. The van der Waals surface area contributed by atoms with E-state index in [1.54, 1.807) is 16.8 Å². The van der Waals surface area contributed by atoms with E-state index in [1.807, 2.05) is 67.6 Å². The molecule has 0 aliphatic heterocycles. The lowest BCUT2D eigenvalue weighted by atomic mass is 10.1. The Morgan fingerprint density at radius 1 is 1.03 bits per heavy atom. The van der Waals surface area contributed by atoms with E-state index in [4.69, 9.17) is 16.3 Å². The Morgan fingerprint density at radius 3 is 2.44 bits per heavy atom. The van der Waals surface area contributed by atoms with E-state index < -0.39 is 0 Å². The number of hydrogen-bond acceptors (Lipinski definition) is 4. The zero-order chi connectivity index (χ0) is 22.5. The maximum absolute atomic E-state index is 12.9. The van der Waals surface area contributed by atoms with Crippen LogP contribution in [0.3, 0.4) is 0 Å². The van der Waals surface area contributed by atoms with Crippen LogP contribution >= 0.6 is 11.6 Å². The van der Waals surface area contributed by atoms with Gasteiger partial charge in [-0.1, -0.05) is 42.8 Å². The molecule has 4 rings (SSSR count). The second-order valence-electron chi connectivity index (χ2n) is 7.11. The fraction of sp³-hybridized carbons (Fsp3) is 0.160. The van der Waals surface area contributed by atoms with Gasteiger partial charge in [0.15, 0.2) is 5.82 Å². The number of benzene rings is 3. The smallest absolute Gasteiger partial charge is 0.295 e. The molecule has 6 nitrogen and oxygen atoms in total. The van der Waals surface area contributed by atoms with Gasteiger partial charge in [-0.2, -0.15) is 0 Å². The predicted molar refractivity (Wildman–Crippen MR) is 127 cm³/mol. The highest BCUT2D eigenvalue weighted by Crippen LogP contribution is 2.25. The molecule has 32 heavy (non-hydrogen) atoms. The molecule has 0 bridgehead atoms. The van der Waals surface area contributed by atoms with Crippen molar-refractivity contribution in [2.75, 3.05) is 11.9 Å². The summed E-state index contributed by atoms with van der Waals surface area (Å²) >= 11 is 6.20. The molecule has 0 saturated heterocycles. The number of anilines is 1. The Kier molecular flexibility index (Phi) is 6.52. The Labute approximate surface area is 191 Å². The number of halogens is 1. The molecule has 0 aliphatic carbocycles. The molecule has 1 aromatic heterocycles. The maximum atomic E-state index is 12.9. The minimum atomic E-state index is -0.387. The van der Waals surface area contributed by atoms with Crippen molar-refractivity contribution in [1.82, 2.24) is 14.8 Å². The highest BCUT2D eigenvalue weighted by molar-refractivity contribution is 6.30. The zero-order valence-electron chi connectivity index (χ0n) is 17.9. The summed E-state index contributed by atoms with van der Waals surface area (Å²) in [4.78, 5) is 17.4. The molecule has 7 heteroatoms. The van der Waals surface area contributed by atoms with Crippen LogP contribution in [-0.4, -0.2) is 27.3 Å². The van der Waals surface area contributed by atoms with Crippen molar-refractivity contribution >= 4 is 23.2 Å². The van der Waals surface area contributed by atoms with Crippen molar-refractivity contribution in [2.45, 2.75) is 20.3 Å². The molecule has 3 aromatic carbocycles. The molecule has 4 aromatic rings. The van der Waals surface area contributed by atoms with E-state index in [1.165, 1.54) is 5.56 Å². The summed E-state index contributed by atoms with van der Waals surface area (Å²) in [6, 6.07) is 22.5. The molecule has 0 atom stereocenters. The van der Waals surface area contributed by atoms with Gasteiger partial charge in [-0.15, -0.1) is 5.10 Å². The number of nitrogens with one attached hydrogen (secondary N) is 1. The molecule has 1 N–H and O–H groups in total. The van der Waals surface area contributed by atoms with Crippen molar-refractivity contribution in [3.8, 4) is 22.8 Å². The highest BCUT2D eigenvalue weighted by atomic mass is 35.5. The van der Waals surface area contributed by atoms with E-state index in [0.717, 1.165) is 23.4 Å². The number of nitrogens with zero attached hydrogens (tertiary/aromatic N) is 3. The summed E-state index contributed by atoms with van der Waals surface area (Å²) in [6.45, 7) is 4.60. The van der Waals surface area contributed by atoms with Crippen LogP contribution in [0.2, 0.25) is 5.02 Å². The number of rotatable bonds is 7. The normalized spacial score (nSPS) is 10.7. The Bertz CT molecular complexity index is 1220. The monoisotopic (exact) mass is 446 g/mol. The summed E-state index contributed by atoms with van der Waals surface area (Å²) in [5.74, 6) is 0.952. The van der Waals surface area contributed by atoms with E-state index in [2.05, 4.69) is 22.3 Å². The van der Waals surface area contributed by atoms with Gasteiger partial charge < -0.3 is 10.1 Å². The molecule has 162 valence electrons. The fourth-order valence-electron chi connectivity index (χ4n) is 3.26. The first kappa shape index (κ1) is 21.6. The van der Waals surface area contributed by atoms with Gasteiger partial charge in [-0.05, 0) is 67.4 Å². The molecule has 0 saturated carbocycles. The molecule has 0 unspecified atom stereocenters. The van der Waals surface area contributed by atoms with Gasteiger partial charge in [0.05, 0.1) is 12.3 Å². The maximum Gasteiger partial charge on any atom is 0.295 e. The van der Waals surface area contributed by atoms with Crippen LogP contribution in [0.15, 0.2) is 72.8 Å². The average Bonchev–Trinajstić information content (AvgIpc) is 3.26. The number of hydrogen-bond donors (Lipinski definition) is 1. The first-order chi connectivity index (χ1) is 15.6. The van der Waals surface area contributed by atoms with Gasteiger partial charge in [0.2, 0.25) is 5.82 Å². The Hall–Kier alpha value is -3.64. The number of carbonyl (C=O) groups excluding carboxylic acids is 1. The van der Waals surface area contributed by atoms with Crippen LogP contribution in [0.4, 0.5) is 5.69 Å². The number of aromatic nitrogens is 3. The van der Waals surface area contributed by atoms with Crippen molar-refractivity contribution in [3.05, 3.63) is 89.2 Å². The lowest BCUT2D eigenvalue weighted by Crippen LogP contribution is -2.14. The third-order valence-electron chi connectivity index (χ3n) is 4.91. The fourth-order valence-corrected chi connectivity index (χ4v) is 3.45. The van der Waals surface area contributed by atoms with Crippen LogP contribution in [0, 0.1) is 0 Å². The van der Waals surface area contributed by atoms with E-state index in [-0.39, 0.29) is 11.7 Å². The second kappa shape index (κ2) is 9.66. The van der Waals surface area contributed by atoms with Gasteiger partial charge in [-0.3, -0.25) is 4.79 Å². The SMILES string of the molecule is CCOc1ccc(-n2nc(C(=O)Nc3ccc(CC)cc3)nc2-c2cccc(Cl)c2)cc1. The third kappa shape index (κ3) is 4.81. The quantitative estimate of drug-likeness (QED) is 0.389. The highest BCUT2D eigenvalue weighted by Gasteiger charge is 2.19. The Morgan fingerprint density at radius 2 is 1.78 bits per heavy atom. The summed E-state index contributed by atoms with van der Waals surface area (Å²) in [5.41, 5.74) is 3.39. The van der Waals surface area contributed by atoms with Crippen molar-refractivity contribution in [1.29, 1.82) is 0 Å². The van der Waals surface area contributed by atoms with Crippen molar-refractivity contribution < 1.29 is 9.53 Å². The molecule has 1 amide bonds. The van der Waals surface area contributed by atoms with Gasteiger partial charge in [0.1, 0.15) is 5.75 Å². The summed E-state index contributed by atoms with van der Waals surface area (Å²) in [6.07, 6.45) is 0.936. The van der Waals surface area contributed by atoms with Crippen molar-refractivity contribution in [2.24, 2.45) is 0 Å². The van der Waals surface area contributed by atoms with E-state index in [9.17, 15) is 4.79 Å². The lowest BCUT2D eigenvalue weighted by molar-refractivity contribution is 0.101. The van der Waals surface area contributed by atoms with E-state index >= 15 is 0 Å². The van der Waals surface area contributed by atoms with Crippen LogP contribution < -0.4 is 10.1 Å². The number of aryl methyl sites for hydroxylation is 1. The predicted octanol–water partition coefficient (Wildman–Crippen LogP) is 5.80. The minimum absolute atomic E-state index is 0.0634. The van der Waals surface area contributed by atoms with E-state index in [0.29, 0.717) is 23.1 Å². The molecule has 0 fully saturated rings. The third-order valence-corrected chi connectivity index (χ3v) is 5.14. The van der Waals surface area contributed by atoms with Crippen LogP contribution in [0.1, 0.15) is 30.0 Å².